The molecule has 0 bridgehead atoms. The highest BCUT2D eigenvalue weighted by molar-refractivity contribution is 5.20. The van der Waals surface area contributed by atoms with Crippen molar-refractivity contribution in [3.8, 4) is 5.75 Å². The van der Waals surface area contributed by atoms with Gasteiger partial charge in [-0.1, -0.05) is 0 Å². The maximum atomic E-state index is 5.29. The van der Waals surface area contributed by atoms with E-state index in [1.54, 1.807) is 12.4 Å². The molecular formula is C7H12N4O. The monoisotopic (exact) mass is 168 g/mol. The fourth-order valence-corrected chi connectivity index (χ4v) is 0.674. The molecule has 1 heterocycles. The van der Waals surface area contributed by atoms with E-state index in [4.69, 9.17) is 16.2 Å². The van der Waals surface area contributed by atoms with Crippen molar-refractivity contribution in [3.05, 3.63) is 12.4 Å². The molecule has 0 atom stereocenters. The Kier molecular flexibility index (Phi) is 3.28. The van der Waals surface area contributed by atoms with Crippen molar-refractivity contribution in [3.63, 3.8) is 0 Å². The van der Waals surface area contributed by atoms with Gasteiger partial charge in [-0.05, 0) is 13.0 Å². The van der Waals surface area contributed by atoms with Gasteiger partial charge in [0.1, 0.15) is 0 Å². The van der Waals surface area contributed by atoms with Crippen LogP contribution in [0.5, 0.6) is 5.75 Å². The maximum Gasteiger partial charge on any atom is 0.220 e. The minimum Gasteiger partial charge on any atom is -0.490 e. The summed E-state index contributed by atoms with van der Waals surface area (Å²) in [4.78, 5) is 7.54. The van der Waals surface area contributed by atoms with Gasteiger partial charge in [-0.25, -0.2) is 9.97 Å². The second-order valence-corrected chi connectivity index (χ2v) is 2.27. The Bertz CT molecular complexity index is 223. The number of nitrogen functional groups attached to an aromatic ring is 1. The third-order valence-electron chi connectivity index (χ3n) is 1.27. The molecular weight excluding hydrogens is 156 g/mol. The van der Waals surface area contributed by atoms with Crippen molar-refractivity contribution >= 4 is 5.95 Å². The summed E-state index contributed by atoms with van der Waals surface area (Å²) in [7, 11) is 0. The predicted molar refractivity (Wildman–Crippen MR) is 45.6 cm³/mol. The molecule has 5 nitrogen and oxygen atoms in total. The first-order chi connectivity index (χ1) is 5.83. The fourth-order valence-electron chi connectivity index (χ4n) is 0.674. The SMILES string of the molecule is NCCCOc1cnc(N)nc1. The summed E-state index contributed by atoms with van der Waals surface area (Å²) in [6.45, 7) is 1.21. The standard InChI is InChI=1S/C7H12N4O/c8-2-1-3-12-6-4-10-7(9)11-5-6/h4-5H,1-3,8H2,(H2,9,10,11). The van der Waals surface area contributed by atoms with Gasteiger partial charge in [0.15, 0.2) is 5.75 Å². The molecule has 4 N–H and O–H groups in total. The maximum absolute atomic E-state index is 5.29. The number of rotatable bonds is 4. The van der Waals surface area contributed by atoms with Crippen LogP contribution in [0, 0.1) is 0 Å². The van der Waals surface area contributed by atoms with Crippen molar-refractivity contribution in [2.45, 2.75) is 6.42 Å². The molecule has 0 saturated carbocycles. The highest BCUT2D eigenvalue weighted by atomic mass is 16.5. The molecule has 0 aliphatic rings. The number of nitrogens with two attached hydrogens (primary N) is 2. The lowest BCUT2D eigenvalue weighted by molar-refractivity contribution is 0.311. The average molecular weight is 168 g/mol. The van der Waals surface area contributed by atoms with Crippen LogP contribution in [0.15, 0.2) is 12.4 Å². The Morgan fingerprint density at radius 1 is 1.33 bits per heavy atom. The average Bonchev–Trinajstić information content (AvgIpc) is 2.09. The van der Waals surface area contributed by atoms with Crippen LogP contribution in [0.4, 0.5) is 5.95 Å². The van der Waals surface area contributed by atoms with Crippen LogP contribution in [0.2, 0.25) is 0 Å². The van der Waals surface area contributed by atoms with Crippen molar-refractivity contribution in [2.75, 3.05) is 18.9 Å². The Balaban J connectivity index is 2.37. The van der Waals surface area contributed by atoms with Gasteiger partial charge >= 0.3 is 0 Å². The zero-order chi connectivity index (χ0) is 8.81. The van der Waals surface area contributed by atoms with Gasteiger partial charge in [0, 0.05) is 0 Å². The molecule has 66 valence electrons. The summed E-state index contributed by atoms with van der Waals surface area (Å²) in [5, 5.41) is 0. The number of anilines is 1. The number of hydrogen-bond donors (Lipinski definition) is 2. The van der Waals surface area contributed by atoms with Gasteiger partial charge in [0.05, 0.1) is 19.0 Å². The summed E-state index contributed by atoms with van der Waals surface area (Å²) >= 11 is 0. The van der Waals surface area contributed by atoms with Crippen LogP contribution in [-0.4, -0.2) is 23.1 Å². The topological polar surface area (TPSA) is 87.0 Å². The summed E-state index contributed by atoms with van der Waals surface area (Å²) < 4.78 is 5.24. The molecule has 0 unspecified atom stereocenters. The van der Waals surface area contributed by atoms with Crippen LogP contribution in [-0.2, 0) is 0 Å². The van der Waals surface area contributed by atoms with E-state index >= 15 is 0 Å². The van der Waals surface area contributed by atoms with E-state index in [1.165, 1.54) is 0 Å². The van der Waals surface area contributed by atoms with Crippen LogP contribution < -0.4 is 16.2 Å². The van der Waals surface area contributed by atoms with Crippen molar-refractivity contribution in [2.24, 2.45) is 5.73 Å². The molecule has 0 fully saturated rings. The minimum atomic E-state index is 0.251. The second kappa shape index (κ2) is 4.50. The Morgan fingerprint density at radius 3 is 2.58 bits per heavy atom. The lowest BCUT2D eigenvalue weighted by Gasteiger charge is -2.03. The Morgan fingerprint density at radius 2 is 2.00 bits per heavy atom. The van der Waals surface area contributed by atoms with E-state index in [0.717, 1.165) is 6.42 Å². The molecule has 0 radical (unpaired) electrons. The van der Waals surface area contributed by atoms with Gasteiger partial charge in [0.2, 0.25) is 5.95 Å². The van der Waals surface area contributed by atoms with Crippen molar-refractivity contribution < 1.29 is 4.74 Å². The summed E-state index contributed by atoms with van der Waals surface area (Å²) in [6, 6.07) is 0. The molecule has 0 aromatic carbocycles. The zero-order valence-corrected chi connectivity index (χ0v) is 6.73. The minimum absolute atomic E-state index is 0.251. The number of aromatic nitrogens is 2. The molecule has 0 aliphatic heterocycles. The van der Waals surface area contributed by atoms with E-state index in [-0.39, 0.29) is 5.95 Å². The molecule has 12 heavy (non-hydrogen) atoms. The Labute approximate surface area is 70.8 Å². The molecule has 1 aromatic heterocycles. The quantitative estimate of drug-likeness (QED) is 0.607. The summed E-state index contributed by atoms with van der Waals surface area (Å²) in [6.07, 6.45) is 3.90. The van der Waals surface area contributed by atoms with Crippen LogP contribution in [0.1, 0.15) is 6.42 Å². The highest BCUT2D eigenvalue weighted by Gasteiger charge is 1.93. The van der Waals surface area contributed by atoms with Crippen molar-refractivity contribution in [1.29, 1.82) is 0 Å². The number of ether oxygens (including phenoxy) is 1. The highest BCUT2D eigenvalue weighted by Crippen LogP contribution is 2.06. The first-order valence-electron chi connectivity index (χ1n) is 3.73. The Hall–Kier alpha value is -1.36. The van der Waals surface area contributed by atoms with Gasteiger partial charge in [-0.15, -0.1) is 0 Å². The zero-order valence-electron chi connectivity index (χ0n) is 6.73. The predicted octanol–water partition coefficient (Wildman–Crippen LogP) is -0.214. The number of nitrogens with zero attached hydrogens (tertiary/aromatic N) is 2. The third kappa shape index (κ3) is 2.71. The third-order valence-corrected chi connectivity index (χ3v) is 1.27. The van der Waals surface area contributed by atoms with Crippen LogP contribution in [0.25, 0.3) is 0 Å². The molecule has 0 spiro atoms. The smallest absolute Gasteiger partial charge is 0.220 e. The second-order valence-electron chi connectivity index (χ2n) is 2.27. The van der Waals surface area contributed by atoms with Crippen LogP contribution in [0.3, 0.4) is 0 Å². The van der Waals surface area contributed by atoms with E-state index in [2.05, 4.69) is 9.97 Å². The van der Waals surface area contributed by atoms with E-state index in [9.17, 15) is 0 Å². The molecule has 0 aliphatic carbocycles. The molecule has 0 saturated heterocycles. The largest absolute Gasteiger partial charge is 0.490 e. The van der Waals surface area contributed by atoms with Gasteiger partial charge in [-0.3, -0.25) is 0 Å². The fraction of sp³-hybridized carbons (Fsp3) is 0.429. The first-order valence-corrected chi connectivity index (χ1v) is 3.73. The van der Waals surface area contributed by atoms with Gasteiger partial charge in [0.25, 0.3) is 0 Å². The van der Waals surface area contributed by atoms with Gasteiger partial charge < -0.3 is 16.2 Å². The lowest BCUT2D eigenvalue weighted by atomic mass is 10.5. The van der Waals surface area contributed by atoms with Crippen LogP contribution >= 0.6 is 0 Å². The van der Waals surface area contributed by atoms with Gasteiger partial charge in [-0.2, -0.15) is 0 Å². The molecule has 1 rings (SSSR count). The molecule has 0 amide bonds. The first kappa shape index (κ1) is 8.73. The van der Waals surface area contributed by atoms with E-state index in [1.807, 2.05) is 0 Å². The summed E-state index contributed by atoms with van der Waals surface area (Å²) in [5.74, 6) is 0.874. The molecule has 1 aromatic rings. The summed E-state index contributed by atoms with van der Waals surface area (Å²) in [5.41, 5.74) is 10.6. The lowest BCUT2D eigenvalue weighted by Crippen LogP contribution is -2.06. The van der Waals surface area contributed by atoms with Crippen molar-refractivity contribution in [1.82, 2.24) is 9.97 Å². The van der Waals surface area contributed by atoms with E-state index < -0.39 is 0 Å². The van der Waals surface area contributed by atoms with E-state index in [0.29, 0.717) is 18.9 Å². The molecule has 5 heteroatoms. The number of hydrogen-bond acceptors (Lipinski definition) is 5. The normalized spacial score (nSPS) is 9.75.